The topological polar surface area (TPSA) is 44.8 Å². The summed E-state index contributed by atoms with van der Waals surface area (Å²) >= 11 is 0. The zero-order chi connectivity index (χ0) is 8.18. The van der Waals surface area contributed by atoms with Crippen molar-refractivity contribution in [2.45, 2.75) is 37.1 Å². The Kier molecular flexibility index (Phi) is 1.08. The molecular weight excluding hydrogens is 160 g/mol. The molecule has 66 valence electrons. The lowest BCUT2D eigenvalue weighted by Crippen LogP contribution is -2.42. The van der Waals surface area contributed by atoms with Crippen molar-refractivity contribution in [1.82, 2.24) is 0 Å². The molecule has 4 nitrogen and oxygen atoms in total. The van der Waals surface area contributed by atoms with Gasteiger partial charge in [-0.05, 0) is 12.8 Å². The molecule has 3 heterocycles. The van der Waals surface area contributed by atoms with Crippen LogP contribution in [-0.4, -0.2) is 30.6 Å². The fourth-order valence-electron chi connectivity index (χ4n) is 2.42. The third kappa shape index (κ3) is 0.684. The molecule has 3 fully saturated rings. The van der Waals surface area contributed by atoms with E-state index in [-0.39, 0.29) is 6.10 Å². The molecule has 1 spiro atoms. The summed E-state index contributed by atoms with van der Waals surface area (Å²) in [5.74, 6) is 0. The van der Waals surface area contributed by atoms with Gasteiger partial charge in [-0.25, -0.2) is 4.79 Å². The first-order valence-corrected chi connectivity index (χ1v) is 4.30. The van der Waals surface area contributed by atoms with Gasteiger partial charge in [-0.3, -0.25) is 0 Å². The van der Waals surface area contributed by atoms with Gasteiger partial charge >= 0.3 is 6.16 Å². The van der Waals surface area contributed by atoms with E-state index in [0.29, 0.717) is 12.7 Å². The van der Waals surface area contributed by atoms with Crippen molar-refractivity contribution < 1.29 is 19.0 Å². The maximum atomic E-state index is 10.8. The minimum absolute atomic E-state index is 0.0916. The van der Waals surface area contributed by atoms with E-state index < -0.39 is 11.8 Å². The second-order valence-electron chi connectivity index (χ2n) is 3.73. The molecule has 0 aromatic rings. The third-order valence-corrected chi connectivity index (χ3v) is 2.99. The lowest BCUT2D eigenvalue weighted by Gasteiger charge is -2.25. The van der Waals surface area contributed by atoms with Gasteiger partial charge < -0.3 is 14.2 Å². The van der Waals surface area contributed by atoms with E-state index in [4.69, 9.17) is 14.2 Å². The predicted molar refractivity (Wildman–Crippen MR) is 37.7 cm³/mol. The molecular formula is C8H10O4. The van der Waals surface area contributed by atoms with Gasteiger partial charge in [0.05, 0.1) is 6.10 Å². The minimum atomic E-state index is -0.536. The highest BCUT2D eigenvalue weighted by Gasteiger charge is 2.59. The summed E-state index contributed by atoms with van der Waals surface area (Å²) in [6, 6.07) is 0. The van der Waals surface area contributed by atoms with E-state index in [1.165, 1.54) is 0 Å². The van der Waals surface area contributed by atoms with Crippen molar-refractivity contribution >= 4 is 6.16 Å². The van der Waals surface area contributed by atoms with Crippen molar-refractivity contribution in [3.63, 3.8) is 0 Å². The van der Waals surface area contributed by atoms with Gasteiger partial charge in [0.1, 0.15) is 12.7 Å². The average molecular weight is 170 g/mol. The highest BCUT2D eigenvalue weighted by molar-refractivity contribution is 5.63. The van der Waals surface area contributed by atoms with Crippen LogP contribution in [0, 0.1) is 0 Å². The number of ether oxygens (including phenoxy) is 3. The van der Waals surface area contributed by atoms with E-state index in [9.17, 15) is 4.79 Å². The fraction of sp³-hybridized carbons (Fsp3) is 0.875. The van der Waals surface area contributed by atoms with Gasteiger partial charge in [0.15, 0.2) is 5.60 Å². The van der Waals surface area contributed by atoms with Crippen LogP contribution in [0.25, 0.3) is 0 Å². The molecule has 4 heteroatoms. The Morgan fingerprint density at radius 3 is 2.83 bits per heavy atom. The van der Waals surface area contributed by atoms with E-state index in [2.05, 4.69) is 0 Å². The Morgan fingerprint density at radius 2 is 2.33 bits per heavy atom. The molecule has 0 aromatic carbocycles. The summed E-state index contributed by atoms with van der Waals surface area (Å²) in [4.78, 5) is 10.8. The standard InChI is InChI=1S/C8H10O4/c9-7-10-4-8(12-7)3-5-1-2-6(8)11-5/h5-6H,1-4H2. The van der Waals surface area contributed by atoms with Crippen LogP contribution in [0.4, 0.5) is 4.79 Å². The van der Waals surface area contributed by atoms with Gasteiger partial charge in [0.2, 0.25) is 0 Å². The van der Waals surface area contributed by atoms with E-state index in [1.807, 2.05) is 0 Å². The van der Waals surface area contributed by atoms with Crippen LogP contribution in [0.5, 0.6) is 0 Å². The quantitative estimate of drug-likeness (QED) is 0.505. The monoisotopic (exact) mass is 170 g/mol. The van der Waals surface area contributed by atoms with Crippen molar-refractivity contribution in [3.05, 3.63) is 0 Å². The maximum absolute atomic E-state index is 10.8. The second kappa shape index (κ2) is 1.93. The summed E-state index contributed by atoms with van der Waals surface area (Å²) in [5, 5.41) is 0. The largest absolute Gasteiger partial charge is 0.509 e. The first-order valence-electron chi connectivity index (χ1n) is 4.30. The Morgan fingerprint density at radius 1 is 1.42 bits per heavy atom. The van der Waals surface area contributed by atoms with Crippen molar-refractivity contribution in [1.29, 1.82) is 0 Å². The first-order chi connectivity index (χ1) is 5.78. The smallest absolute Gasteiger partial charge is 0.430 e. The number of carbonyl (C=O) groups is 1. The zero-order valence-electron chi connectivity index (χ0n) is 6.62. The molecule has 2 bridgehead atoms. The molecule has 12 heavy (non-hydrogen) atoms. The summed E-state index contributed by atoms with van der Waals surface area (Å²) in [7, 11) is 0. The number of hydrogen-bond donors (Lipinski definition) is 0. The average Bonchev–Trinajstić information content (AvgIpc) is 2.67. The van der Waals surface area contributed by atoms with Crippen LogP contribution >= 0.6 is 0 Å². The van der Waals surface area contributed by atoms with Gasteiger partial charge in [-0.15, -0.1) is 0 Å². The molecule has 0 N–H and O–H groups in total. The highest BCUT2D eigenvalue weighted by atomic mass is 16.8. The maximum Gasteiger partial charge on any atom is 0.509 e. The molecule has 3 atom stereocenters. The summed E-state index contributed by atoms with van der Waals surface area (Å²) < 4.78 is 15.6. The first kappa shape index (κ1) is 6.71. The molecule has 0 amide bonds. The van der Waals surface area contributed by atoms with Crippen molar-refractivity contribution in [2.75, 3.05) is 6.61 Å². The molecule has 0 saturated carbocycles. The lowest BCUT2D eigenvalue weighted by atomic mass is 9.85. The fourth-order valence-corrected chi connectivity index (χ4v) is 2.42. The number of hydrogen-bond acceptors (Lipinski definition) is 4. The third-order valence-electron chi connectivity index (χ3n) is 2.99. The van der Waals surface area contributed by atoms with Crippen LogP contribution in [-0.2, 0) is 14.2 Å². The summed E-state index contributed by atoms with van der Waals surface area (Å²) in [6.45, 7) is 0.382. The van der Waals surface area contributed by atoms with E-state index >= 15 is 0 Å². The predicted octanol–water partition coefficient (Wildman–Crippen LogP) is 0.843. The summed E-state index contributed by atoms with van der Waals surface area (Å²) in [5.41, 5.74) is -0.417. The molecule has 0 radical (unpaired) electrons. The van der Waals surface area contributed by atoms with Crippen LogP contribution in [0.1, 0.15) is 19.3 Å². The molecule has 3 unspecified atom stereocenters. The van der Waals surface area contributed by atoms with Crippen molar-refractivity contribution in [3.8, 4) is 0 Å². The lowest BCUT2D eigenvalue weighted by molar-refractivity contribution is -0.00908. The van der Waals surface area contributed by atoms with Crippen LogP contribution < -0.4 is 0 Å². The molecule has 3 saturated heterocycles. The van der Waals surface area contributed by atoms with E-state index in [0.717, 1.165) is 19.3 Å². The number of fused-ring (bicyclic) bond motifs is 3. The Bertz CT molecular complexity index is 239. The Labute approximate surface area is 69.8 Å². The Balaban J connectivity index is 1.88. The van der Waals surface area contributed by atoms with Gasteiger partial charge in [-0.2, -0.15) is 0 Å². The van der Waals surface area contributed by atoms with E-state index in [1.54, 1.807) is 0 Å². The normalized spacial score (nSPS) is 49.8. The second-order valence-corrected chi connectivity index (χ2v) is 3.73. The van der Waals surface area contributed by atoms with Gasteiger partial charge in [0, 0.05) is 6.42 Å². The molecule has 0 aliphatic carbocycles. The number of carbonyl (C=O) groups excluding carboxylic acids is 1. The molecule has 3 rings (SSSR count). The van der Waals surface area contributed by atoms with Crippen molar-refractivity contribution in [2.24, 2.45) is 0 Å². The summed E-state index contributed by atoms with van der Waals surface area (Å²) in [6.07, 6.45) is 2.78. The highest BCUT2D eigenvalue weighted by Crippen LogP contribution is 2.46. The van der Waals surface area contributed by atoms with Gasteiger partial charge in [0.25, 0.3) is 0 Å². The number of rotatable bonds is 0. The van der Waals surface area contributed by atoms with Gasteiger partial charge in [-0.1, -0.05) is 0 Å². The SMILES string of the molecule is O=C1OCC2(CC3CCC2O3)O1. The zero-order valence-corrected chi connectivity index (χ0v) is 6.62. The minimum Gasteiger partial charge on any atom is -0.430 e. The molecule has 3 aliphatic rings. The molecule has 0 aromatic heterocycles. The van der Waals surface area contributed by atoms with Crippen LogP contribution in [0.15, 0.2) is 0 Å². The van der Waals surface area contributed by atoms with Crippen LogP contribution in [0.3, 0.4) is 0 Å². The number of cyclic esters (lactones) is 1. The Hall–Kier alpha value is -0.770. The van der Waals surface area contributed by atoms with Crippen LogP contribution in [0.2, 0.25) is 0 Å². The molecule has 3 aliphatic heterocycles.